The predicted octanol–water partition coefficient (Wildman–Crippen LogP) is 2.36. The minimum absolute atomic E-state index is 0.00567. The first kappa shape index (κ1) is 13.8. The molecule has 6 heteroatoms. The summed E-state index contributed by atoms with van der Waals surface area (Å²) in [6.45, 7) is 3.66. The lowest BCUT2D eigenvalue weighted by Crippen LogP contribution is -2.32. The Kier molecular flexibility index (Phi) is 4.98. The van der Waals surface area contributed by atoms with Crippen LogP contribution in [0.25, 0.3) is 0 Å². The van der Waals surface area contributed by atoms with Crippen LogP contribution in [0.15, 0.2) is 24.3 Å². The molecule has 98 valence electrons. The molecule has 1 rings (SSSR count). The Labute approximate surface area is 105 Å². The Hall–Kier alpha value is -2.24. The van der Waals surface area contributed by atoms with E-state index in [9.17, 15) is 9.59 Å². The van der Waals surface area contributed by atoms with Gasteiger partial charge >= 0.3 is 12.2 Å². The number of rotatable bonds is 3. The second-order valence-corrected chi connectivity index (χ2v) is 3.83. The van der Waals surface area contributed by atoms with Crippen LogP contribution in [-0.2, 0) is 4.74 Å². The Morgan fingerprint density at radius 2 is 1.94 bits per heavy atom. The molecule has 18 heavy (non-hydrogen) atoms. The van der Waals surface area contributed by atoms with Gasteiger partial charge in [0, 0.05) is 17.8 Å². The lowest BCUT2D eigenvalue weighted by Gasteiger charge is -2.10. The molecule has 0 heterocycles. The normalized spacial score (nSPS) is 9.78. The first-order chi connectivity index (χ1) is 8.51. The standard InChI is InChI=1S/C12H16N2O4/c1-8(2)13-12(16)18-10-6-4-5-9(7-10)14-11(15)17-3/h4-8H,1-3H3,(H,13,16)(H,14,15). The van der Waals surface area contributed by atoms with E-state index in [-0.39, 0.29) is 6.04 Å². The zero-order valence-corrected chi connectivity index (χ0v) is 10.5. The van der Waals surface area contributed by atoms with E-state index in [4.69, 9.17) is 4.74 Å². The number of benzene rings is 1. The van der Waals surface area contributed by atoms with Crippen molar-refractivity contribution >= 4 is 17.9 Å². The number of hydrogen-bond donors (Lipinski definition) is 2. The average Bonchev–Trinajstić information content (AvgIpc) is 2.28. The zero-order chi connectivity index (χ0) is 13.5. The van der Waals surface area contributed by atoms with E-state index in [1.54, 1.807) is 18.2 Å². The fourth-order valence-electron chi connectivity index (χ4n) is 1.18. The molecule has 0 fully saturated rings. The van der Waals surface area contributed by atoms with Gasteiger partial charge in [-0.25, -0.2) is 9.59 Å². The van der Waals surface area contributed by atoms with E-state index in [2.05, 4.69) is 15.4 Å². The second kappa shape index (κ2) is 6.48. The molecular formula is C12H16N2O4. The van der Waals surface area contributed by atoms with Crippen molar-refractivity contribution in [1.29, 1.82) is 0 Å². The summed E-state index contributed by atoms with van der Waals surface area (Å²) in [6.07, 6.45) is -1.13. The first-order valence-corrected chi connectivity index (χ1v) is 5.44. The van der Waals surface area contributed by atoms with E-state index < -0.39 is 12.2 Å². The van der Waals surface area contributed by atoms with Gasteiger partial charge < -0.3 is 14.8 Å². The summed E-state index contributed by atoms with van der Waals surface area (Å²) < 4.78 is 9.50. The molecule has 0 spiro atoms. The van der Waals surface area contributed by atoms with Crippen molar-refractivity contribution in [2.24, 2.45) is 0 Å². The first-order valence-electron chi connectivity index (χ1n) is 5.44. The van der Waals surface area contributed by atoms with Gasteiger partial charge in [-0.15, -0.1) is 0 Å². The van der Waals surface area contributed by atoms with E-state index in [1.165, 1.54) is 13.2 Å². The largest absolute Gasteiger partial charge is 0.453 e. The van der Waals surface area contributed by atoms with Crippen molar-refractivity contribution in [2.45, 2.75) is 19.9 Å². The van der Waals surface area contributed by atoms with Crippen LogP contribution in [0.1, 0.15) is 13.8 Å². The van der Waals surface area contributed by atoms with Crippen molar-refractivity contribution in [2.75, 3.05) is 12.4 Å². The topological polar surface area (TPSA) is 76.7 Å². The SMILES string of the molecule is COC(=O)Nc1cccc(OC(=O)NC(C)C)c1. The van der Waals surface area contributed by atoms with Crippen LogP contribution in [0, 0.1) is 0 Å². The maximum atomic E-state index is 11.4. The van der Waals surface area contributed by atoms with Gasteiger partial charge in [0.25, 0.3) is 0 Å². The van der Waals surface area contributed by atoms with Crippen molar-refractivity contribution in [3.05, 3.63) is 24.3 Å². The lowest BCUT2D eigenvalue weighted by molar-refractivity contribution is 0.187. The van der Waals surface area contributed by atoms with Crippen molar-refractivity contribution in [3.8, 4) is 5.75 Å². The zero-order valence-electron chi connectivity index (χ0n) is 10.5. The van der Waals surface area contributed by atoms with E-state index >= 15 is 0 Å². The van der Waals surface area contributed by atoms with E-state index in [0.29, 0.717) is 11.4 Å². The van der Waals surface area contributed by atoms with Crippen LogP contribution in [0.2, 0.25) is 0 Å². The number of nitrogens with one attached hydrogen (secondary N) is 2. The number of amides is 2. The Morgan fingerprint density at radius 3 is 2.56 bits per heavy atom. The predicted molar refractivity (Wildman–Crippen MR) is 66.8 cm³/mol. The molecule has 0 saturated carbocycles. The molecule has 0 radical (unpaired) electrons. The third-order valence-corrected chi connectivity index (χ3v) is 1.88. The molecule has 0 aliphatic rings. The monoisotopic (exact) mass is 252 g/mol. The molecular weight excluding hydrogens is 236 g/mol. The third-order valence-electron chi connectivity index (χ3n) is 1.88. The lowest BCUT2D eigenvalue weighted by atomic mass is 10.3. The van der Waals surface area contributed by atoms with Crippen LogP contribution >= 0.6 is 0 Å². The number of carbonyl (C=O) groups excluding carboxylic acids is 2. The average molecular weight is 252 g/mol. The Balaban J connectivity index is 2.64. The molecule has 2 N–H and O–H groups in total. The summed E-state index contributed by atoms with van der Waals surface area (Å²) in [5, 5.41) is 5.06. The van der Waals surface area contributed by atoms with Gasteiger partial charge in [0.05, 0.1) is 7.11 Å². The fraction of sp³-hybridized carbons (Fsp3) is 0.333. The third kappa shape index (κ3) is 4.73. The Bertz CT molecular complexity index is 432. The Morgan fingerprint density at radius 1 is 1.22 bits per heavy atom. The van der Waals surface area contributed by atoms with Gasteiger partial charge in [-0.2, -0.15) is 0 Å². The molecule has 0 unspecified atom stereocenters. The number of carbonyl (C=O) groups is 2. The van der Waals surface area contributed by atoms with Gasteiger partial charge in [0.2, 0.25) is 0 Å². The highest BCUT2D eigenvalue weighted by Crippen LogP contribution is 2.17. The maximum Gasteiger partial charge on any atom is 0.412 e. The number of anilines is 1. The van der Waals surface area contributed by atoms with Gasteiger partial charge in [-0.3, -0.25) is 5.32 Å². The molecule has 2 amide bonds. The molecule has 1 aromatic carbocycles. The highest BCUT2D eigenvalue weighted by molar-refractivity contribution is 5.84. The van der Waals surface area contributed by atoms with Gasteiger partial charge in [-0.1, -0.05) is 6.07 Å². The minimum Gasteiger partial charge on any atom is -0.453 e. The summed E-state index contributed by atoms with van der Waals surface area (Å²) >= 11 is 0. The molecule has 6 nitrogen and oxygen atoms in total. The van der Waals surface area contributed by atoms with Crippen molar-refractivity contribution in [3.63, 3.8) is 0 Å². The minimum atomic E-state index is -0.584. The smallest absolute Gasteiger partial charge is 0.412 e. The molecule has 1 aromatic rings. The van der Waals surface area contributed by atoms with Crippen LogP contribution < -0.4 is 15.4 Å². The molecule has 0 aromatic heterocycles. The number of ether oxygens (including phenoxy) is 2. The fourth-order valence-corrected chi connectivity index (χ4v) is 1.18. The van der Waals surface area contributed by atoms with Gasteiger partial charge in [-0.05, 0) is 26.0 Å². The highest BCUT2D eigenvalue weighted by atomic mass is 16.6. The molecule has 0 bridgehead atoms. The summed E-state index contributed by atoms with van der Waals surface area (Å²) in [6, 6.07) is 6.45. The quantitative estimate of drug-likeness (QED) is 0.865. The molecule has 0 aliphatic carbocycles. The van der Waals surface area contributed by atoms with Crippen LogP contribution in [0.4, 0.5) is 15.3 Å². The number of methoxy groups -OCH3 is 1. The number of hydrogen-bond acceptors (Lipinski definition) is 4. The van der Waals surface area contributed by atoms with Gasteiger partial charge in [0.1, 0.15) is 5.75 Å². The van der Waals surface area contributed by atoms with Gasteiger partial charge in [0.15, 0.2) is 0 Å². The van der Waals surface area contributed by atoms with Crippen molar-refractivity contribution in [1.82, 2.24) is 5.32 Å². The van der Waals surface area contributed by atoms with E-state index in [0.717, 1.165) is 0 Å². The summed E-state index contributed by atoms with van der Waals surface area (Å²) in [7, 11) is 1.27. The molecule has 0 saturated heterocycles. The van der Waals surface area contributed by atoms with Crippen molar-refractivity contribution < 1.29 is 19.1 Å². The van der Waals surface area contributed by atoms with Crippen LogP contribution in [0.5, 0.6) is 5.75 Å². The molecule has 0 atom stereocenters. The summed E-state index contributed by atoms with van der Waals surface area (Å²) in [4.78, 5) is 22.4. The van der Waals surface area contributed by atoms with Crippen LogP contribution in [0.3, 0.4) is 0 Å². The summed E-state index contributed by atoms with van der Waals surface area (Å²) in [5.74, 6) is 0.335. The summed E-state index contributed by atoms with van der Waals surface area (Å²) in [5.41, 5.74) is 0.483. The van der Waals surface area contributed by atoms with E-state index in [1.807, 2.05) is 13.8 Å². The van der Waals surface area contributed by atoms with Crippen LogP contribution in [-0.4, -0.2) is 25.3 Å². The molecule has 0 aliphatic heterocycles. The maximum absolute atomic E-state index is 11.4. The highest BCUT2D eigenvalue weighted by Gasteiger charge is 2.07. The second-order valence-electron chi connectivity index (χ2n) is 3.83.